The Morgan fingerprint density at radius 3 is 1.33 bits per heavy atom. The van der Waals surface area contributed by atoms with Crippen LogP contribution < -0.4 is 64.2 Å². The van der Waals surface area contributed by atoms with Crippen LogP contribution in [-0.4, -0.2) is 9.76 Å². The van der Waals surface area contributed by atoms with Crippen molar-refractivity contribution in [1.29, 1.82) is 0 Å². The second-order valence-electron chi connectivity index (χ2n) is 0.785. The third-order valence-electron chi connectivity index (χ3n) is 0.231. The van der Waals surface area contributed by atoms with Crippen LogP contribution in [0.3, 0.4) is 0 Å². The van der Waals surface area contributed by atoms with Crippen molar-refractivity contribution in [3.05, 3.63) is 0 Å². The molecule has 0 aromatic heterocycles. The molecule has 0 fully saturated rings. The van der Waals surface area contributed by atoms with Crippen molar-refractivity contribution in [2.75, 3.05) is 0 Å². The molecule has 42 valence electrons. The van der Waals surface area contributed by atoms with Gasteiger partial charge in [0.05, 0.1) is 5.97 Å². The molecule has 0 heterocycles. The second kappa shape index (κ2) is 7.01. The topological polar surface area (TPSA) is 40.1 Å². The van der Waals surface area contributed by atoms with Gasteiger partial charge in [-0.2, -0.15) is 0 Å². The van der Waals surface area contributed by atoms with Crippen LogP contribution in [0.15, 0.2) is 0 Å². The Labute approximate surface area is 112 Å². The van der Waals surface area contributed by atoms with Gasteiger partial charge in [-0.3, -0.25) is 0 Å². The Bertz CT molecular complexity index is 90.3. The van der Waals surface area contributed by atoms with Crippen LogP contribution in [0, 0.1) is 0 Å². The van der Waals surface area contributed by atoms with Crippen molar-refractivity contribution in [2.45, 2.75) is 3.79 Å². The van der Waals surface area contributed by atoms with Crippen LogP contribution in [-0.2, 0) is 4.79 Å². The summed E-state index contributed by atoms with van der Waals surface area (Å²) in [4.78, 5) is 9.51. The molecule has 0 atom stereocenters. The van der Waals surface area contributed by atoms with E-state index in [9.17, 15) is 9.90 Å². The third kappa shape index (κ3) is 10.3. The van der Waals surface area contributed by atoms with E-state index in [1.54, 1.807) is 0 Å². The van der Waals surface area contributed by atoms with Gasteiger partial charge in [0, 0.05) is 0 Å². The molecule has 0 radical (unpaired) electrons. The molecular formula is C2Cl3Na2O2+. The number of alkyl halides is 3. The first-order chi connectivity index (χ1) is 2.94. The van der Waals surface area contributed by atoms with Gasteiger partial charge in [-0.25, -0.2) is 0 Å². The maximum Gasteiger partial charge on any atom is 1.00 e. The van der Waals surface area contributed by atoms with Crippen LogP contribution in [0.4, 0.5) is 0 Å². The van der Waals surface area contributed by atoms with Crippen molar-refractivity contribution in [3.8, 4) is 0 Å². The van der Waals surface area contributed by atoms with Gasteiger partial charge in [0.15, 0.2) is 0 Å². The van der Waals surface area contributed by atoms with E-state index in [-0.39, 0.29) is 59.1 Å². The van der Waals surface area contributed by atoms with Gasteiger partial charge in [0.2, 0.25) is 3.79 Å². The van der Waals surface area contributed by atoms with Crippen molar-refractivity contribution in [1.82, 2.24) is 0 Å². The first-order valence-electron chi connectivity index (χ1n) is 1.23. The molecule has 0 unspecified atom stereocenters. The summed E-state index contributed by atoms with van der Waals surface area (Å²) in [6, 6.07) is 0. The Balaban J connectivity index is -0.000000180. The van der Waals surface area contributed by atoms with Crippen LogP contribution in [0.1, 0.15) is 0 Å². The summed E-state index contributed by atoms with van der Waals surface area (Å²) >= 11 is 14.2. The normalized spacial score (nSPS) is 8.78. The minimum absolute atomic E-state index is 0. The maximum atomic E-state index is 9.51. The number of carbonyl (C=O) groups excluding carboxylic acids is 1. The first-order valence-corrected chi connectivity index (χ1v) is 2.36. The number of carboxylic acid groups (broad SMARTS) is 1. The van der Waals surface area contributed by atoms with Gasteiger partial charge in [-0.1, -0.05) is 34.8 Å². The molecular weight excluding hydrogens is 208 g/mol. The molecule has 0 rings (SSSR count). The number of carboxylic acids is 1. The molecule has 0 saturated heterocycles. The van der Waals surface area contributed by atoms with E-state index in [1.807, 2.05) is 0 Å². The van der Waals surface area contributed by atoms with E-state index in [4.69, 9.17) is 34.8 Å². The number of hydrogen-bond acceptors (Lipinski definition) is 2. The molecule has 0 saturated carbocycles. The Hall–Kier alpha value is 2.34. The molecule has 0 N–H and O–H groups in total. The predicted octanol–water partition coefficient (Wildman–Crippen LogP) is -5.89. The molecule has 0 aliphatic rings. The van der Waals surface area contributed by atoms with Gasteiger partial charge in [0.1, 0.15) is 0 Å². The fourth-order valence-corrected chi connectivity index (χ4v) is 0. The molecule has 0 aromatic rings. The van der Waals surface area contributed by atoms with Crippen molar-refractivity contribution in [2.24, 2.45) is 0 Å². The van der Waals surface area contributed by atoms with Crippen LogP contribution in [0.2, 0.25) is 0 Å². The van der Waals surface area contributed by atoms with E-state index in [0.29, 0.717) is 0 Å². The molecule has 0 aromatic carbocycles. The smallest absolute Gasteiger partial charge is 0.545 e. The first kappa shape index (κ1) is 17.4. The van der Waals surface area contributed by atoms with Gasteiger partial charge < -0.3 is 9.90 Å². The zero-order chi connectivity index (χ0) is 6.08. The van der Waals surface area contributed by atoms with E-state index >= 15 is 0 Å². The second-order valence-corrected chi connectivity index (χ2v) is 3.07. The predicted molar refractivity (Wildman–Crippen MR) is 25.3 cm³/mol. The Morgan fingerprint density at radius 1 is 1.22 bits per heavy atom. The van der Waals surface area contributed by atoms with E-state index in [2.05, 4.69) is 0 Å². The van der Waals surface area contributed by atoms with E-state index < -0.39 is 9.76 Å². The van der Waals surface area contributed by atoms with E-state index in [0.717, 1.165) is 0 Å². The molecule has 2 nitrogen and oxygen atoms in total. The van der Waals surface area contributed by atoms with Crippen molar-refractivity contribution < 1.29 is 69.0 Å². The summed E-state index contributed by atoms with van der Waals surface area (Å²) in [5, 5.41) is 9.51. The number of hydrogen-bond donors (Lipinski definition) is 0. The molecule has 0 amide bonds. The molecule has 0 bridgehead atoms. The van der Waals surface area contributed by atoms with Crippen molar-refractivity contribution in [3.63, 3.8) is 0 Å². The Kier molecular flexibility index (Phi) is 13.6. The summed E-state index contributed by atoms with van der Waals surface area (Å²) in [5.41, 5.74) is 0. The minimum atomic E-state index is -2.28. The zero-order valence-electron chi connectivity index (χ0n) is 4.95. The summed E-state index contributed by atoms with van der Waals surface area (Å²) < 4.78 is -2.28. The number of aliphatic carboxylic acids is 1. The fourth-order valence-electron chi connectivity index (χ4n) is 0. The standard InChI is InChI=1S/C2HCl3O2.2Na/c3-2(4,5)1(6)7;;/h(H,6,7);;/q;2*+1/p-1. The van der Waals surface area contributed by atoms with Gasteiger partial charge in [-0.05, 0) is 0 Å². The SMILES string of the molecule is O=C([O-])C(Cl)(Cl)Cl.[Na+].[Na+]. The molecule has 0 aliphatic carbocycles. The summed E-state index contributed by atoms with van der Waals surface area (Å²) in [5.74, 6) is -1.71. The van der Waals surface area contributed by atoms with Crippen LogP contribution >= 0.6 is 34.8 Å². The summed E-state index contributed by atoms with van der Waals surface area (Å²) in [6.45, 7) is 0. The van der Waals surface area contributed by atoms with Gasteiger partial charge >= 0.3 is 59.1 Å². The summed E-state index contributed by atoms with van der Waals surface area (Å²) in [6.07, 6.45) is 0. The Morgan fingerprint density at radius 2 is 1.33 bits per heavy atom. The molecule has 9 heavy (non-hydrogen) atoms. The quantitative estimate of drug-likeness (QED) is 0.294. The largest absolute Gasteiger partial charge is 1.00 e. The van der Waals surface area contributed by atoms with Crippen LogP contribution in [0.25, 0.3) is 0 Å². The zero-order valence-corrected chi connectivity index (χ0v) is 11.2. The van der Waals surface area contributed by atoms with E-state index in [1.165, 1.54) is 0 Å². The average molecular weight is 208 g/mol. The van der Waals surface area contributed by atoms with Crippen molar-refractivity contribution >= 4 is 40.8 Å². The number of halogens is 3. The average Bonchev–Trinajstić information content (AvgIpc) is 1.31. The van der Waals surface area contributed by atoms with Gasteiger partial charge in [0.25, 0.3) is 0 Å². The molecule has 0 aliphatic heterocycles. The molecule has 7 heteroatoms. The number of rotatable bonds is 0. The monoisotopic (exact) mass is 207 g/mol. The minimum Gasteiger partial charge on any atom is -0.545 e. The maximum absolute atomic E-state index is 9.51. The summed E-state index contributed by atoms with van der Waals surface area (Å²) in [7, 11) is 0. The van der Waals surface area contributed by atoms with Crippen LogP contribution in [0.5, 0.6) is 0 Å². The number of carbonyl (C=O) groups is 1. The van der Waals surface area contributed by atoms with Gasteiger partial charge in [-0.15, -0.1) is 0 Å². The molecule has 0 spiro atoms. The third-order valence-corrected chi connectivity index (χ3v) is 0.694. The fraction of sp³-hybridized carbons (Fsp3) is 0.500.